The second kappa shape index (κ2) is 9.68. The fourth-order valence-corrected chi connectivity index (χ4v) is 9.11. The number of hydrogen-bond donors (Lipinski definition) is 9. The number of aliphatic hydroxyl groups excluding tert-OH is 5. The van der Waals surface area contributed by atoms with Crippen LogP contribution in [0.25, 0.3) is 0 Å². The molecule has 11 nitrogen and oxygen atoms in total. The van der Waals surface area contributed by atoms with Gasteiger partial charge in [0.1, 0.15) is 11.7 Å². The zero-order valence-corrected chi connectivity index (χ0v) is 22.0. The number of rotatable bonds is 4. The van der Waals surface area contributed by atoms with E-state index < -0.39 is 89.8 Å². The largest absolute Gasteiger partial charge is 0.393 e. The summed E-state index contributed by atoms with van der Waals surface area (Å²) in [6.45, 7) is 4.26. The van der Waals surface area contributed by atoms with Gasteiger partial charge < -0.3 is 50.7 Å². The van der Waals surface area contributed by atoms with E-state index in [0.717, 1.165) is 19.3 Å². The van der Waals surface area contributed by atoms with Gasteiger partial charge in [0.05, 0.1) is 42.0 Å². The molecule has 1 heterocycles. The first-order valence-electron chi connectivity index (χ1n) is 14.1. The van der Waals surface area contributed by atoms with Gasteiger partial charge in [-0.25, -0.2) is 0 Å². The average Bonchev–Trinajstić information content (AvgIpc) is 3.23. The highest BCUT2D eigenvalue weighted by Crippen LogP contribution is 2.61. The molecule has 0 radical (unpaired) electrons. The molecule has 0 aromatic heterocycles. The molecule has 11 unspecified atom stereocenters. The molecule has 4 aliphatic carbocycles. The van der Waals surface area contributed by atoms with Gasteiger partial charge >= 0.3 is 0 Å². The summed E-state index contributed by atoms with van der Waals surface area (Å²) >= 11 is 0. The minimum atomic E-state index is -2.97. The number of ether oxygens (including phenoxy) is 1. The van der Waals surface area contributed by atoms with E-state index >= 15 is 0 Å². The third kappa shape index (κ3) is 4.12. The van der Waals surface area contributed by atoms with Gasteiger partial charge in [-0.3, -0.25) is 4.79 Å². The van der Waals surface area contributed by atoms with Gasteiger partial charge in [0.2, 0.25) is 0 Å². The molecule has 4 saturated carbocycles. The summed E-state index contributed by atoms with van der Waals surface area (Å²) < 4.78 is 6.40. The van der Waals surface area contributed by atoms with Gasteiger partial charge in [-0.1, -0.05) is 13.8 Å². The normalized spacial score (nSPS) is 55.1. The van der Waals surface area contributed by atoms with Crippen molar-refractivity contribution in [2.24, 2.45) is 35.5 Å². The summed E-state index contributed by atoms with van der Waals surface area (Å²) in [5.74, 6) is -5.54. The molecule has 0 spiro atoms. The van der Waals surface area contributed by atoms with Crippen molar-refractivity contribution in [2.45, 2.75) is 125 Å². The summed E-state index contributed by atoms with van der Waals surface area (Å²) in [4.78, 5) is 13.2. The fourth-order valence-electron chi connectivity index (χ4n) is 9.11. The number of hydrogen-bond acceptors (Lipinski definition) is 11. The van der Waals surface area contributed by atoms with Crippen molar-refractivity contribution in [3.05, 3.63) is 0 Å². The van der Waals surface area contributed by atoms with Crippen molar-refractivity contribution in [2.75, 3.05) is 0 Å². The summed E-state index contributed by atoms with van der Waals surface area (Å²) in [6.07, 6.45) is -6.43. The number of carbonyl (C=O) groups excluding carboxylic acids is 1. The third-order valence-corrected chi connectivity index (χ3v) is 10.6. The Morgan fingerprint density at radius 3 is 2.24 bits per heavy atom. The fraction of sp³-hybridized carbons (Fsp3) is 0.963. The first-order chi connectivity index (χ1) is 17.6. The third-order valence-electron chi connectivity index (χ3n) is 10.6. The predicted molar refractivity (Wildman–Crippen MR) is 130 cm³/mol. The van der Waals surface area contributed by atoms with Gasteiger partial charge in [0.25, 0.3) is 0 Å². The molecule has 5 rings (SSSR count). The molecule has 5 fully saturated rings. The van der Waals surface area contributed by atoms with Crippen LogP contribution in [0.4, 0.5) is 0 Å². The number of fused-ring (bicyclic) bond motifs is 3. The van der Waals surface area contributed by atoms with E-state index in [-0.39, 0.29) is 24.5 Å². The summed E-state index contributed by atoms with van der Waals surface area (Å²) in [7, 11) is 0. The molecular formula is C27H44O11. The Morgan fingerprint density at radius 1 is 0.921 bits per heavy atom. The van der Waals surface area contributed by atoms with Gasteiger partial charge in [-0.05, 0) is 56.3 Å². The molecular weight excluding hydrogens is 500 g/mol. The maximum absolute atomic E-state index is 13.2. The zero-order chi connectivity index (χ0) is 27.9. The molecule has 0 aromatic carbocycles. The summed E-state index contributed by atoms with van der Waals surface area (Å²) in [5.41, 5.74) is -7.39. The molecule has 14 atom stereocenters. The lowest BCUT2D eigenvalue weighted by Crippen LogP contribution is -2.82. The van der Waals surface area contributed by atoms with Crippen LogP contribution in [0.2, 0.25) is 0 Å². The van der Waals surface area contributed by atoms with Crippen LogP contribution in [0.5, 0.6) is 0 Å². The van der Waals surface area contributed by atoms with E-state index in [2.05, 4.69) is 13.8 Å². The van der Waals surface area contributed by atoms with Crippen molar-refractivity contribution in [1.82, 2.24) is 0 Å². The van der Waals surface area contributed by atoms with Crippen LogP contribution in [0.3, 0.4) is 0 Å². The standard InChI is InChI=1S/C27H44O11/c1-11(2)7-12-3-6-17(38-12)13-4-5-15(28)18-14(13)8-25(35)10-26(36)9-16(29)19(24(33)34)22(31)27(26,37)23(32)20(25)21(18)30/h11-21,23-24,28-30,32-37H,3-10H2,1-2H3/t12?,13?,14?,15?,16?,17?,18?,19?,20?,21?,23?,25-,26+,27-/m1/s1. The first-order valence-corrected chi connectivity index (χ1v) is 14.1. The lowest BCUT2D eigenvalue weighted by molar-refractivity contribution is -0.328. The Balaban J connectivity index is 1.48. The molecule has 0 bridgehead atoms. The van der Waals surface area contributed by atoms with E-state index in [1.807, 2.05) is 0 Å². The Labute approximate surface area is 222 Å². The van der Waals surface area contributed by atoms with Crippen LogP contribution >= 0.6 is 0 Å². The maximum atomic E-state index is 13.2. The lowest BCUT2D eigenvalue weighted by atomic mass is 9.45. The van der Waals surface area contributed by atoms with E-state index in [9.17, 15) is 50.8 Å². The van der Waals surface area contributed by atoms with Crippen LogP contribution < -0.4 is 0 Å². The van der Waals surface area contributed by atoms with Crippen LogP contribution in [0.1, 0.15) is 65.2 Å². The second-order valence-electron chi connectivity index (χ2n) is 13.4. The van der Waals surface area contributed by atoms with Crippen LogP contribution in [0, 0.1) is 35.5 Å². The van der Waals surface area contributed by atoms with Crippen LogP contribution in [0.15, 0.2) is 0 Å². The van der Waals surface area contributed by atoms with Crippen molar-refractivity contribution < 1.29 is 55.5 Å². The average molecular weight is 545 g/mol. The second-order valence-corrected chi connectivity index (χ2v) is 13.4. The monoisotopic (exact) mass is 544 g/mol. The van der Waals surface area contributed by atoms with Gasteiger partial charge in [-0.2, -0.15) is 0 Å². The Kier molecular flexibility index (Phi) is 7.33. The Bertz CT molecular complexity index is 913. The van der Waals surface area contributed by atoms with E-state index in [1.165, 1.54) is 0 Å². The minimum Gasteiger partial charge on any atom is -0.393 e. The smallest absolute Gasteiger partial charge is 0.180 e. The zero-order valence-electron chi connectivity index (χ0n) is 22.0. The summed E-state index contributed by atoms with van der Waals surface area (Å²) in [5, 5.41) is 98.7. The SMILES string of the molecule is CC(C)CC1CCC(C2CCC(O)C3C(O)C4C(O)[C@]5(O)C(=O)C(C(O)O)C(O)C[C@]5(O)C[C@]4(O)CC23)O1. The molecule has 5 aliphatic rings. The highest BCUT2D eigenvalue weighted by Gasteiger charge is 2.76. The topological polar surface area (TPSA) is 208 Å². The predicted octanol–water partition coefficient (Wildman–Crippen LogP) is -1.82. The quantitative estimate of drug-likeness (QED) is 0.180. The summed E-state index contributed by atoms with van der Waals surface area (Å²) in [6, 6.07) is 0. The van der Waals surface area contributed by atoms with Crippen molar-refractivity contribution >= 4 is 5.78 Å². The molecule has 1 aliphatic heterocycles. The molecule has 38 heavy (non-hydrogen) atoms. The van der Waals surface area contributed by atoms with Crippen molar-refractivity contribution in [3.8, 4) is 0 Å². The highest BCUT2D eigenvalue weighted by atomic mass is 16.5. The van der Waals surface area contributed by atoms with Gasteiger partial charge in [0, 0.05) is 24.7 Å². The molecule has 0 aromatic rings. The Morgan fingerprint density at radius 2 is 1.61 bits per heavy atom. The highest BCUT2D eigenvalue weighted by molar-refractivity contribution is 5.93. The molecule has 11 heteroatoms. The Hall–Kier alpha value is -0.730. The van der Waals surface area contributed by atoms with E-state index in [0.29, 0.717) is 18.8 Å². The molecule has 9 N–H and O–H groups in total. The van der Waals surface area contributed by atoms with E-state index in [4.69, 9.17) is 4.74 Å². The van der Waals surface area contributed by atoms with Gasteiger partial charge in [0.15, 0.2) is 17.7 Å². The minimum absolute atomic E-state index is 0.0123. The van der Waals surface area contributed by atoms with Crippen molar-refractivity contribution in [1.29, 1.82) is 0 Å². The van der Waals surface area contributed by atoms with Gasteiger partial charge in [-0.15, -0.1) is 0 Å². The number of aliphatic hydroxyl groups is 9. The number of Topliss-reactive ketones (excluding diaryl/α,β-unsaturated/α-hetero) is 1. The number of carbonyl (C=O) groups is 1. The van der Waals surface area contributed by atoms with E-state index in [1.54, 1.807) is 0 Å². The van der Waals surface area contributed by atoms with Crippen molar-refractivity contribution in [3.63, 3.8) is 0 Å². The molecule has 0 amide bonds. The number of ketones is 1. The van der Waals surface area contributed by atoms with Crippen LogP contribution in [-0.2, 0) is 9.53 Å². The molecule has 218 valence electrons. The first kappa shape index (κ1) is 28.8. The lowest BCUT2D eigenvalue weighted by Gasteiger charge is -2.65. The molecule has 1 saturated heterocycles. The maximum Gasteiger partial charge on any atom is 0.180 e. The van der Waals surface area contributed by atoms with Crippen LogP contribution in [-0.4, -0.2) is 111 Å².